The monoisotopic (exact) mass is 1080 g/mol. The second-order valence-electron chi connectivity index (χ2n) is 14.8. The van der Waals surface area contributed by atoms with Crippen LogP contribution in [-0.4, -0.2) is 96.4 Å². The molecule has 6 N–H and O–H groups in total. The Morgan fingerprint density at radius 1 is 0.676 bits per heavy atom. The molecule has 2 heterocycles. The summed E-state index contributed by atoms with van der Waals surface area (Å²) < 4.78 is 149. The second-order valence-corrected chi connectivity index (χ2v) is 21.5. The zero-order valence-electron chi connectivity index (χ0n) is 36.7. The molecule has 0 bridgehead atoms. The molecule has 0 saturated carbocycles. The van der Waals surface area contributed by atoms with Crippen LogP contribution < -0.4 is 9.47 Å². The Morgan fingerprint density at radius 2 is 1.21 bits per heavy atom. The van der Waals surface area contributed by atoms with Crippen molar-refractivity contribution in [1.82, 2.24) is 9.38 Å². The van der Waals surface area contributed by atoms with Crippen molar-refractivity contribution in [3.63, 3.8) is 0 Å². The Balaban J connectivity index is 1.40. The molecule has 2 aromatic heterocycles. The van der Waals surface area contributed by atoms with Crippen molar-refractivity contribution in [2.45, 2.75) is 48.3 Å². The van der Waals surface area contributed by atoms with Gasteiger partial charge in [-0.3, -0.25) is 22.6 Å². The average Bonchev–Trinajstić information content (AvgIpc) is 3.66. The summed E-state index contributed by atoms with van der Waals surface area (Å²) in [6.07, 6.45) is -0.368. The lowest BCUT2D eigenvalue weighted by Crippen LogP contribution is -2.08. The van der Waals surface area contributed by atoms with Crippen molar-refractivity contribution in [3.05, 3.63) is 82.9 Å². The first-order chi connectivity index (χ1) is 33.3. The third kappa shape index (κ3) is 13.6. The van der Waals surface area contributed by atoms with Gasteiger partial charge >= 0.3 is 0 Å². The average molecular weight is 1080 g/mol. The van der Waals surface area contributed by atoms with E-state index in [0.29, 0.717) is 23.2 Å². The van der Waals surface area contributed by atoms with Gasteiger partial charge in [0.25, 0.3) is 40.5 Å². The van der Waals surface area contributed by atoms with Crippen LogP contribution in [0.15, 0.2) is 106 Å². The molecular weight excluding hydrogens is 1040 g/mol. The third-order valence-electron chi connectivity index (χ3n) is 9.73. The normalized spacial score (nSPS) is 12.8. The maximum Gasteiger partial charge on any atom is 0.296 e. The number of aryl methyl sites for hydroxylation is 2. The molecule has 376 valence electrons. The zero-order valence-corrected chi connectivity index (χ0v) is 40.7. The van der Waals surface area contributed by atoms with Crippen LogP contribution in [0.25, 0.3) is 16.7 Å². The minimum atomic E-state index is -4.88. The third-order valence-corrected chi connectivity index (χ3v) is 13.7. The van der Waals surface area contributed by atoms with E-state index in [0.717, 1.165) is 22.6 Å². The van der Waals surface area contributed by atoms with Crippen molar-refractivity contribution >= 4 is 103 Å². The molecule has 4 aromatic carbocycles. The number of benzene rings is 4. The van der Waals surface area contributed by atoms with Crippen LogP contribution in [0.4, 0.5) is 34.1 Å². The Kier molecular flexibility index (Phi) is 16.5. The molecule has 0 radical (unpaired) electrons. The lowest BCUT2D eigenvalue weighted by atomic mass is 10.1. The van der Waals surface area contributed by atoms with E-state index in [1.54, 1.807) is 13.8 Å². The topological polar surface area (TPSA) is 410 Å². The molecule has 0 aliphatic heterocycles. The van der Waals surface area contributed by atoms with Gasteiger partial charge in [-0.15, -0.1) is 24.8 Å². The molecule has 27 nitrogen and oxygen atoms in total. The number of azo groups is 3. The SMILES string of the molecule is Cc1cc(N=Nc2c(C)c(C#N)c3nc4cc(S(=O)(=O)O)ccc4n3c2O)c(OCCCS(=O)(=O)O)cc1N=Nc1cc(C)c(N=Nc2ccc(SOOO)cc2S(=O)(=O)O)cc1OCCCS(=O)(=O)O. The van der Waals surface area contributed by atoms with E-state index in [-0.39, 0.29) is 104 Å². The molecule has 0 saturated heterocycles. The lowest BCUT2D eigenvalue weighted by Gasteiger charge is -2.12. The van der Waals surface area contributed by atoms with Crippen molar-refractivity contribution in [3.8, 4) is 23.4 Å². The van der Waals surface area contributed by atoms with Gasteiger partial charge in [-0.25, -0.2) is 10.2 Å². The van der Waals surface area contributed by atoms with E-state index in [4.69, 9.17) is 14.7 Å². The van der Waals surface area contributed by atoms with Crippen molar-refractivity contribution in [1.29, 1.82) is 5.26 Å². The summed E-state index contributed by atoms with van der Waals surface area (Å²) in [6, 6.07) is 14.4. The van der Waals surface area contributed by atoms with Crippen LogP contribution in [-0.2, 0) is 49.8 Å². The fraction of sp³-hybridized carbons (Fsp3) is 0.231. The highest BCUT2D eigenvalue weighted by molar-refractivity contribution is 7.94. The predicted octanol–water partition coefficient (Wildman–Crippen LogP) is 8.47. The largest absolute Gasteiger partial charge is 0.493 e. The van der Waals surface area contributed by atoms with E-state index in [1.165, 1.54) is 49.4 Å². The molecule has 32 heteroatoms. The summed E-state index contributed by atoms with van der Waals surface area (Å²) in [7, 11) is -18.3. The van der Waals surface area contributed by atoms with E-state index in [1.807, 2.05) is 6.07 Å². The van der Waals surface area contributed by atoms with Gasteiger partial charge in [0.2, 0.25) is 5.88 Å². The summed E-state index contributed by atoms with van der Waals surface area (Å²) in [5.74, 6) is -2.00. The van der Waals surface area contributed by atoms with Gasteiger partial charge in [0, 0.05) is 22.6 Å². The minimum Gasteiger partial charge on any atom is -0.493 e. The van der Waals surface area contributed by atoms with E-state index in [9.17, 15) is 62.3 Å². The smallest absolute Gasteiger partial charge is 0.296 e. The van der Waals surface area contributed by atoms with Crippen LogP contribution in [0.1, 0.15) is 35.1 Å². The van der Waals surface area contributed by atoms with Crippen LogP contribution >= 0.6 is 12.0 Å². The number of imidazole rings is 1. The number of pyridine rings is 1. The zero-order chi connectivity index (χ0) is 52.1. The molecule has 0 amide bonds. The van der Waals surface area contributed by atoms with Crippen molar-refractivity contribution < 1.29 is 81.1 Å². The number of ether oxygens (including phenoxy) is 2. The number of fused-ring (bicyclic) bond motifs is 3. The van der Waals surface area contributed by atoms with Crippen molar-refractivity contribution in [2.24, 2.45) is 30.7 Å². The molecule has 0 fully saturated rings. The molecule has 0 unspecified atom stereocenters. The summed E-state index contributed by atoms with van der Waals surface area (Å²) in [5, 5.41) is 58.9. The number of aromatic hydroxyl groups is 1. The van der Waals surface area contributed by atoms with E-state index >= 15 is 0 Å². The van der Waals surface area contributed by atoms with Gasteiger partial charge in [-0.2, -0.15) is 49.2 Å². The fourth-order valence-corrected chi connectivity index (χ4v) is 8.99. The molecular formula is C39H37N9O18S5. The standard InChI is InChI=1S/C39H37N9O18S5/c1-21-14-31(34(63-10-4-12-68(51,52)53)18-28(21)43-42-27-8-6-24(67-66-65-50)16-36(27)71(60,61)62)45-44-29-19-35(64-11-5-13-69(54,55)56)32(15-22(29)2)46-47-37-23(3)26(20-40)38-41-30-17-25(70(57,58)59)7-9-33(30)48(38)39(37)49/h6-9,14-19,49-50H,4-5,10-13H2,1-3H3,(H,51,52,53)(H,54,55,56)(H,57,58,59)(H,60,61,62). The first kappa shape index (κ1) is 53.7. The Morgan fingerprint density at radius 3 is 1.72 bits per heavy atom. The molecule has 0 atom stereocenters. The van der Waals surface area contributed by atoms with Crippen molar-refractivity contribution in [2.75, 3.05) is 24.7 Å². The van der Waals surface area contributed by atoms with Gasteiger partial charge in [-0.05, 0) is 93.3 Å². The summed E-state index contributed by atoms with van der Waals surface area (Å²) >= 11 is 0.415. The summed E-state index contributed by atoms with van der Waals surface area (Å²) in [5.41, 5.74) is 0.570. The first-order valence-corrected chi connectivity index (χ1v) is 26.6. The van der Waals surface area contributed by atoms with Gasteiger partial charge in [0.15, 0.2) is 11.3 Å². The highest BCUT2D eigenvalue weighted by Gasteiger charge is 2.23. The van der Waals surface area contributed by atoms with E-state index in [2.05, 4.69) is 45.0 Å². The number of nitrogens with zero attached hydrogens (tertiary/aromatic N) is 9. The highest BCUT2D eigenvalue weighted by atomic mass is 32.2. The maximum atomic E-state index is 12.2. The quantitative estimate of drug-likeness (QED) is 0.00982. The Bertz CT molecular complexity index is 3670. The molecule has 0 spiro atoms. The van der Waals surface area contributed by atoms with Gasteiger partial charge in [-0.1, -0.05) is 5.04 Å². The van der Waals surface area contributed by atoms with E-state index < -0.39 is 67.6 Å². The van der Waals surface area contributed by atoms with Crippen LogP contribution in [0.5, 0.6) is 17.4 Å². The molecule has 71 heavy (non-hydrogen) atoms. The number of nitriles is 1. The van der Waals surface area contributed by atoms with Gasteiger partial charge in [0.1, 0.15) is 45.1 Å². The lowest BCUT2D eigenvalue weighted by molar-refractivity contribution is -0.432. The second kappa shape index (κ2) is 21.8. The number of rotatable bonds is 21. The predicted molar refractivity (Wildman–Crippen MR) is 248 cm³/mol. The van der Waals surface area contributed by atoms with Crippen LogP contribution in [0.3, 0.4) is 0 Å². The summed E-state index contributed by atoms with van der Waals surface area (Å²) in [6.45, 7) is 4.05. The Hall–Kier alpha value is -6.61. The molecule has 0 aliphatic carbocycles. The first-order valence-electron chi connectivity index (χ1n) is 19.8. The number of aromatic nitrogens is 2. The fourth-order valence-electron chi connectivity index (χ4n) is 6.40. The number of hydrogen-bond donors (Lipinski definition) is 6. The van der Waals surface area contributed by atoms with Crippen LogP contribution in [0.2, 0.25) is 0 Å². The number of hydrogen-bond acceptors (Lipinski definition) is 23. The van der Waals surface area contributed by atoms with Crippen LogP contribution in [0, 0.1) is 32.1 Å². The summed E-state index contributed by atoms with van der Waals surface area (Å²) in [4.78, 5) is 3.21. The maximum absolute atomic E-state index is 12.2. The highest BCUT2D eigenvalue weighted by Crippen LogP contribution is 2.43. The van der Waals surface area contributed by atoms with Gasteiger partial charge < -0.3 is 14.6 Å². The Labute approximate surface area is 407 Å². The molecule has 0 aliphatic rings. The van der Waals surface area contributed by atoms with Gasteiger partial charge in [0.05, 0.1) is 64.1 Å². The molecule has 6 aromatic rings. The minimum absolute atomic E-state index is 0.00611. The molecule has 6 rings (SSSR count).